The summed E-state index contributed by atoms with van der Waals surface area (Å²) in [5.74, 6) is 0.351. The summed E-state index contributed by atoms with van der Waals surface area (Å²) in [6.07, 6.45) is 3.22. The van der Waals surface area contributed by atoms with Gasteiger partial charge < -0.3 is 0 Å². The van der Waals surface area contributed by atoms with Crippen LogP contribution < -0.4 is 0 Å². The van der Waals surface area contributed by atoms with E-state index in [0.717, 1.165) is 5.56 Å². The second-order valence-corrected chi connectivity index (χ2v) is 5.98. The molecule has 0 saturated carbocycles. The maximum atomic E-state index is 11.6. The minimum absolute atomic E-state index is 0.351. The van der Waals surface area contributed by atoms with Crippen molar-refractivity contribution in [3.8, 4) is 0 Å². The number of aryl methyl sites for hydroxylation is 1. The molecule has 4 heteroatoms. The minimum Gasteiger partial charge on any atom is -0.260 e. The van der Waals surface area contributed by atoms with Crippen molar-refractivity contribution in [3.63, 3.8) is 0 Å². The first kappa shape index (κ1) is 11.2. The van der Waals surface area contributed by atoms with Gasteiger partial charge in [0.05, 0.1) is 20.3 Å². The molecular weight excluding hydrogens is 196 g/mol. The van der Waals surface area contributed by atoms with Crippen LogP contribution in [-0.2, 0) is 9.73 Å². The molecule has 0 aromatic carbocycles. The van der Waals surface area contributed by atoms with E-state index in [-0.39, 0.29) is 0 Å². The molecule has 1 unspecified atom stereocenters. The molecule has 1 atom stereocenters. The lowest BCUT2D eigenvalue weighted by Crippen LogP contribution is -2.02. The third kappa shape index (κ3) is 2.32. The molecule has 0 aliphatic heterocycles. The third-order valence-corrected chi connectivity index (χ3v) is 3.40. The van der Waals surface area contributed by atoms with Crippen LogP contribution in [0.5, 0.6) is 0 Å². The van der Waals surface area contributed by atoms with Crippen LogP contribution in [0.1, 0.15) is 31.0 Å². The zero-order valence-corrected chi connectivity index (χ0v) is 9.81. The fourth-order valence-electron chi connectivity index (χ4n) is 1.24. The van der Waals surface area contributed by atoms with Gasteiger partial charge in [-0.05, 0) is 24.5 Å². The number of hydrogen-bond donors (Lipinski definition) is 1. The van der Waals surface area contributed by atoms with Gasteiger partial charge in [0.1, 0.15) is 0 Å². The Morgan fingerprint density at radius 3 is 2.50 bits per heavy atom. The SMILES string of the molecule is Cc1ncc(C(C)C)cc1S(C)(=N)=O. The summed E-state index contributed by atoms with van der Waals surface area (Å²) in [6, 6.07) is 1.84. The maximum absolute atomic E-state index is 11.6. The van der Waals surface area contributed by atoms with Gasteiger partial charge in [-0.2, -0.15) is 0 Å². The summed E-state index contributed by atoms with van der Waals surface area (Å²) in [5.41, 5.74) is 1.73. The Morgan fingerprint density at radius 2 is 2.07 bits per heavy atom. The molecule has 78 valence electrons. The summed E-state index contributed by atoms with van der Waals surface area (Å²) in [5, 5.41) is 0. The van der Waals surface area contributed by atoms with Crippen LogP contribution in [0, 0.1) is 11.7 Å². The Labute approximate surface area is 85.5 Å². The number of aromatic nitrogens is 1. The van der Waals surface area contributed by atoms with Crippen molar-refractivity contribution < 1.29 is 4.21 Å². The van der Waals surface area contributed by atoms with Gasteiger partial charge in [0.2, 0.25) is 0 Å². The molecule has 1 heterocycles. The van der Waals surface area contributed by atoms with Gasteiger partial charge >= 0.3 is 0 Å². The summed E-state index contributed by atoms with van der Waals surface area (Å²) >= 11 is 0. The molecule has 1 N–H and O–H groups in total. The Morgan fingerprint density at radius 1 is 1.50 bits per heavy atom. The zero-order chi connectivity index (χ0) is 10.9. The molecule has 14 heavy (non-hydrogen) atoms. The molecule has 0 amide bonds. The Hall–Kier alpha value is -0.900. The van der Waals surface area contributed by atoms with Gasteiger partial charge in [0, 0.05) is 12.5 Å². The topological polar surface area (TPSA) is 53.8 Å². The van der Waals surface area contributed by atoms with Crippen molar-refractivity contribution in [2.45, 2.75) is 31.6 Å². The van der Waals surface area contributed by atoms with Gasteiger partial charge in [0.25, 0.3) is 0 Å². The lowest BCUT2D eigenvalue weighted by Gasteiger charge is -2.10. The van der Waals surface area contributed by atoms with Crippen molar-refractivity contribution in [1.29, 1.82) is 4.78 Å². The van der Waals surface area contributed by atoms with E-state index >= 15 is 0 Å². The molecule has 1 aromatic rings. The van der Waals surface area contributed by atoms with Crippen LogP contribution >= 0.6 is 0 Å². The Bertz CT molecular complexity index is 435. The van der Waals surface area contributed by atoms with E-state index in [1.807, 2.05) is 6.07 Å². The second-order valence-electron chi connectivity index (χ2n) is 3.85. The Balaban J connectivity index is 3.37. The largest absolute Gasteiger partial charge is 0.260 e. The van der Waals surface area contributed by atoms with Gasteiger partial charge in [-0.25, -0.2) is 8.99 Å². The zero-order valence-electron chi connectivity index (χ0n) is 9.00. The van der Waals surface area contributed by atoms with Gasteiger partial charge in [-0.1, -0.05) is 13.8 Å². The molecular formula is C10H16N2OS. The van der Waals surface area contributed by atoms with Crippen molar-refractivity contribution >= 4 is 9.73 Å². The highest BCUT2D eigenvalue weighted by Crippen LogP contribution is 2.20. The van der Waals surface area contributed by atoms with Gasteiger partial charge in [0.15, 0.2) is 0 Å². The minimum atomic E-state index is -2.65. The van der Waals surface area contributed by atoms with Crippen LogP contribution in [0.3, 0.4) is 0 Å². The number of rotatable bonds is 2. The molecule has 1 aromatic heterocycles. The van der Waals surface area contributed by atoms with Crippen LogP contribution in [0.25, 0.3) is 0 Å². The number of pyridine rings is 1. The normalized spacial score (nSPS) is 15.5. The highest BCUT2D eigenvalue weighted by atomic mass is 32.2. The molecule has 1 rings (SSSR count). The fourth-order valence-corrected chi connectivity index (χ4v) is 2.22. The van der Waals surface area contributed by atoms with Crippen molar-refractivity contribution in [3.05, 3.63) is 23.5 Å². The van der Waals surface area contributed by atoms with E-state index in [0.29, 0.717) is 16.5 Å². The second kappa shape index (κ2) is 3.69. The molecule has 0 spiro atoms. The van der Waals surface area contributed by atoms with Crippen LogP contribution in [-0.4, -0.2) is 15.4 Å². The third-order valence-electron chi connectivity index (χ3n) is 2.15. The predicted molar refractivity (Wildman–Crippen MR) is 58.1 cm³/mol. The van der Waals surface area contributed by atoms with Gasteiger partial charge in [-0.15, -0.1) is 0 Å². The first-order valence-corrected chi connectivity index (χ1v) is 6.49. The molecule has 0 aliphatic carbocycles. The van der Waals surface area contributed by atoms with E-state index in [1.165, 1.54) is 6.26 Å². The van der Waals surface area contributed by atoms with Crippen LogP contribution in [0.2, 0.25) is 0 Å². The summed E-state index contributed by atoms with van der Waals surface area (Å²) in [6.45, 7) is 5.90. The predicted octanol–water partition coefficient (Wildman–Crippen LogP) is 2.55. The number of nitrogens with one attached hydrogen (secondary N) is 1. The first-order valence-electron chi connectivity index (χ1n) is 4.52. The molecule has 0 aliphatic rings. The van der Waals surface area contributed by atoms with Crippen molar-refractivity contribution in [1.82, 2.24) is 4.98 Å². The van der Waals surface area contributed by atoms with Crippen LogP contribution in [0.15, 0.2) is 17.2 Å². The molecule has 0 radical (unpaired) electrons. The van der Waals surface area contributed by atoms with E-state index < -0.39 is 9.73 Å². The highest BCUT2D eigenvalue weighted by Gasteiger charge is 2.10. The van der Waals surface area contributed by atoms with Crippen molar-refractivity contribution in [2.75, 3.05) is 6.26 Å². The summed E-state index contributed by atoms with van der Waals surface area (Å²) in [4.78, 5) is 4.73. The smallest absolute Gasteiger partial charge is 0.0714 e. The average Bonchev–Trinajstić information content (AvgIpc) is 2.02. The summed E-state index contributed by atoms with van der Waals surface area (Å²) < 4.78 is 19.1. The molecule has 3 nitrogen and oxygen atoms in total. The van der Waals surface area contributed by atoms with E-state index in [9.17, 15) is 4.21 Å². The van der Waals surface area contributed by atoms with E-state index in [4.69, 9.17) is 4.78 Å². The number of nitrogens with zero attached hydrogens (tertiary/aromatic N) is 1. The summed E-state index contributed by atoms with van der Waals surface area (Å²) in [7, 11) is -2.65. The lowest BCUT2D eigenvalue weighted by molar-refractivity contribution is 0.677. The first-order chi connectivity index (χ1) is 6.32. The fraction of sp³-hybridized carbons (Fsp3) is 0.500. The molecule has 0 fully saturated rings. The highest BCUT2D eigenvalue weighted by molar-refractivity contribution is 7.91. The van der Waals surface area contributed by atoms with Crippen molar-refractivity contribution in [2.24, 2.45) is 0 Å². The average molecular weight is 212 g/mol. The van der Waals surface area contributed by atoms with Crippen LogP contribution in [0.4, 0.5) is 0 Å². The monoisotopic (exact) mass is 212 g/mol. The maximum Gasteiger partial charge on any atom is 0.0714 e. The quantitative estimate of drug-likeness (QED) is 0.819. The standard InChI is InChI=1S/C10H16N2OS/c1-7(2)9-5-10(14(4,11)13)8(3)12-6-9/h5-7,11H,1-4H3. The van der Waals surface area contributed by atoms with E-state index in [2.05, 4.69) is 18.8 Å². The molecule has 0 saturated heterocycles. The number of hydrogen-bond acceptors (Lipinski definition) is 3. The van der Waals surface area contributed by atoms with E-state index in [1.54, 1.807) is 13.1 Å². The van der Waals surface area contributed by atoms with Gasteiger partial charge in [-0.3, -0.25) is 4.98 Å². The lowest BCUT2D eigenvalue weighted by atomic mass is 10.1. The Kier molecular flexibility index (Phi) is 2.95. The molecule has 0 bridgehead atoms.